The number of hydrogen-bond donors (Lipinski definition) is 1. The summed E-state index contributed by atoms with van der Waals surface area (Å²) < 4.78 is 5.34. The van der Waals surface area contributed by atoms with Crippen molar-refractivity contribution < 1.29 is 19.4 Å². The van der Waals surface area contributed by atoms with Gasteiger partial charge < -0.3 is 14.7 Å². The van der Waals surface area contributed by atoms with Crippen molar-refractivity contribution >= 4 is 23.7 Å². The van der Waals surface area contributed by atoms with Crippen LogP contribution in [0.15, 0.2) is 18.2 Å². The summed E-state index contributed by atoms with van der Waals surface area (Å²) in [4.78, 5) is 25.3. The van der Waals surface area contributed by atoms with Gasteiger partial charge in [0.1, 0.15) is 5.60 Å². The number of carboxylic acid groups (broad SMARTS) is 1. The molecule has 1 fully saturated rings. The maximum Gasteiger partial charge on any atom is 0.410 e. The smallest absolute Gasteiger partial charge is 0.410 e. The summed E-state index contributed by atoms with van der Waals surface area (Å²) in [6.07, 6.45) is -0.491. The second kappa shape index (κ2) is 6.40. The number of rotatable bonds is 2. The number of nitrogens with zero attached hydrogens (tertiary/aromatic N) is 1. The summed E-state index contributed by atoms with van der Waals surface area (Å²) in [6, 6.07) is 5.55. The monoisotopic (exact) mass is 339 g/mol. The SMILES string of the molecule is Cc1ccc(C2CN(C(=O)OC(C)(C)C)CC2C(=O)O)c(Cl)c1. The maximum atomic E-state index is 12.2. The predicted octanol–water partition coefficient (Wildman–Crippen LogP) is 3.68. The lowest BCUT2D eigenvalue weighted by Crippen LogP contribution is -2.35. The van der Waals surface area contributed by atoms with E-state index in [0.29, 0.717) is 5.02 Å². The third kappa shape index (κ3) is 4.16. The molecule has 1 aliphatic heterocycles. The van der Waals surface area contributed by atoms with Gasteiger partial charge in [0.05, 0.1) is 5.92 Å². The van der Waals surface area contributed by atoms with E-state index in [4.69, 9.17) is 16.3 Å². The molecule has 0 bridgehead atoms. The summed E-state index contributed by atoms with van der Waals surface area (Å²) in [5.41, 5.74) is 1.15. The minimum Gasteiger partial charge on any atom is -0.481 e. The zero-order chi connectivity index (χ0) is 17.4. The van der Waals surface area contributed by atoms with E-state index in [2.05, 4.69) is 0 Å². The molecule has 0 radical (unpaired) electrons. The van der Waals surface area contributed by atoms with Crippen molar-refractivity contribution in [2.45, 2.75) is 39.2 Å². The number of carboxylic acids is 1. The number of ether oxygens (including phenoxy) is 1. The van der Waals surface area contributed by atoms with Gasteiger partial charge in [-0.25, -0.2) is 4.79 Å². The van der Waals surface area contributed by atoms with E-state index in [1.54, 1.807) is 20.8 Å². The lowest BCUT2D eigenvalue weighted by atomic mass is 9.88. The molecule has 0 aromatic heterocycles. The third-order valence-electron chi connectivity index (χ3n) is 3.84. The lowest BCUT2D eigenvalue weighted by Gasteiger charge is -2.24. The van der Waals surface area contributed by atoms with E-state index < -0.39 is 23.6 Å². The topological polar surface area (TPSA) is 66.8 Å². The van der Waals surface area contributed by atoms with Crippen molar-refractivity contribution in [3.05, 3.63) is 34.3 Å². The van der Waals surface area contributed by atoms with Crippen molar-refractivity contribution in [2.24, 2.45) is 5.92 Å². The van der Waals surface area contributed by atoms with E-state index in [9.17, 15) is 14.7 Å². The molecule has 2 atom stereocenters. The molecule has 1 heterocycles. The van der Waals surface area contributed by atoms with Gasteiger partial charge in [-0.1, -0.05) is 23.7 Å². The van der Waals surface area contributed by atoms with Gasteiger partial charge in [0.2, 0.25) is 0 Å². The van der Waals surface area contributed by atoms with Gasteiger partial charge in [0.25, 0.3) is 0 Å². The molecule has 1 aromatic rings. The van der Waals surface area contributed by atoms with Gasteiger partial charge in [0.15, 0.2) is 0 Å². The minimum absolute atomic E-state index is 0.124. The van der Waals surface area contributed by atoms with Crippen molar-refractivity contribution in [1.29, 1.82) is 0 Å². The predicted molar refractivity (Wildman–Crippen MR) is 87.9 cm³/mol. The average molecular weight is 340 g/mol. The number of carbonyl (C=O) groups excluding carboxylic acids is 1. The van der Waals surface area contributed by atoms with Crippen LogP contribution in [-0.2, 0) is 9.53 Å². The van der Waals surface area contributed by atoms with E-state index in [1.807, 2.05) is 25.1 Å². The van der Waals surface area contributed by atoms with E-state index in [1.165, 1.54) is 4.90 Å². The number of halogens is 1. The maximum absolute atomic E-state index is 12.2. The van der Waals surface area contributed by atoms with Crippen LogP contribution in [0, 0.1) is 12.8 Å². The second-order valence-electron chi connectivity index (χ2n) is 6.96. The van der Waals surface area contributed by atoms with Crippen molar-refractivity contribution in [3.8, 4) is 0 Å². The van der Waals surface area contributed by atoms with Gasteiger partial charge in [-0.2, -0.15) is 0 Å². The van der Waals surface area contributed by atoms with Crippen LogP contribution in [0.5, 0.6) is 0 Å². The quantitative estimate of drug-likeness (QED) is 0.892. The first-order valence-corrected chi connectivity index (χ1v) is 7.93. The fraction of sp³-hybridized carbons (Fsp3) is 0.529. The van der Waals surface area contributed by atoms with Crippen LogP contribution in [0.2, 0.25) is 5.02 Å². The number of likely N-dealkylation sites (tertiary alicyclic amines) is 1. The Labute approximate surface area is 141 Å². The van der Waals surface area contributed by atoms with Crippen LogP contribution in [-0.4, -0.2) is 40.8 Å². The third-order valence-corrected chi connectivity index (χ3v) is 4.17. The molecule has 1 N–H and O–H groups in total. The average Bonchev–Trinajstić information content (AvgIpc) is 2.81. The molecular weight excluding hydrogens is 318 g/mol. The van der Waals surface area contributed by atoms with Crippen LogP contribution < -0.4 is 0 Å². The first-order chi connectivity index (χ1) is 10.6. The van der Waals surface area contributed by atoms with Gasteiger partial charge in [-0.3, -0.25) is 4.79 Å². The Kier molecular flexibility index (Phi) is 4.90. The Balaban J connectivity index is 2.25. The molecule has 0 saturated carbocycles. The molecule has 126 valence electrons. The van der Waals surface area contributed by atoms with Crippen LogP contribution in [0.4, 0.5) is 4.79 Å². The second-order valence-corrected chi connectivity index (χ2v) is 7.37. The highest BCUT2D eigenvalue weighted by Gasteiger charge is 2.42. The zero-order valence-corrected chi connectivity index (χ0v) is 14.6. The molecule has 1 amide bonds. The molecule has 1 aliphatic rings. The van der Waals surface area contributed by atoms with Gasteiger partial charge in [-0.15, -0.1) is 0 Å². The lowest BCUT2D eigenvalue weighted by molar-refractivity contribution is -0.141. The summed E-state index contributed by atoms with van der Waals surface area (Å²) >= 11 is 6.29. The van der Waals surface area contributed by atoms with Gasteiger partial charge in [-0.05, 0) is 44.9 Å². The highest BCUT2D eigenvalue weighted by atomic mass is 35.5. The van der Waals surface area contributed by atoms with Gasteiger partial charge in [0, 0.05) is 24.0 Å². The molecule has 6 heteroatoms. The highest BCUT2D eigenvalue weighted by Crippen LogP contribution is 2.37. The van der Waals surface area contributed by atoms with Crippen molar-refractivity contribution in [3.63, 3.8) is 0 Å². The number of benzene rings is 1. The van der Waals surface area contributed by atoms with E-state index >= 15 is 0 Å². The fourth-order valence-corrected chi connectivity index (χ4v) is 3.15. The Bertz CT molecular complexity index is 624. The first-order valence-electron chi connectivity index (χ1n) is 7.55. The summed E-state index contributed by atoms with van der Waals surface area (Å²) in [7, 11) is 0. The number of aryl methyl sites for hydroxylation is 1. The number of aliphatic carboxylic acids is 1. The van der Waals surface area contributed by atoms with E-state index in [0.717, 1.165) is 11.1 Å². The standard InChI is InChI=1S/C17H22ClNO4/c1-10-5-6-11(14(18)7-10)12-8-19(9-13(12)15(20)21)16(22)23-17(2,3)4/h5-7,12-13H,8-9H2,1-4H3,(H,20,21). The zero-order valence-electron chi connectivity index (χ0n) is 13.8. The molecule has 0 spiro atoms. The fourth-order valence-electron chi connectivity index (χ4n) is 2.78. The van der Waals surface area contributed by atoms with Crippen LogP contribution in [0.1, 0.15) is 37.8 Å². The summed E-state index contributed by atoms with van der Waals surface area (Å²) in [5, 5.41) is 10.0. The summed E-state index contributed by atoms with van der Waals surface area (Å²) in [5.74, 6) is -1.96. The molecule has 1 saturated heterocycles. The summed E-state index contributed by atoms with van der Waals surface area (Å²) in [6.45, 7) is 7.68. The molecule has 5 nitrogen and oxygen atoms in total. The Morgan fingerprint density at radius 3 is 2.48 bits per heavy atom. The normalized spacial score (nSPS) is 21.3. The number of amides is 1. The van der Waals surface area contributed by atoms with Crippen molar-refractivity contribution in [2.75, 3.05) is 13.1 Å². The first kappa shape index (κ1) is 17.6. The number of carbonyl (C=O) groups is 2. The Morgan fingerprint density at radius 1 is 1.30 bits per heavy atom. The van der Waals surface area contributed by atoms with Crippen LogP contribution in [0.25, 0.3) is 0 Å². The molecule has 1 aromatic carbocycles. The molecule has 0 aliphatic carbocycles. The molecule has 23 heavy (non-hydrogen) atoms. The Morgan fingerprint density at radius 2 is 1.96 bits per heavy atom. The van der Waals surface area contributed by atoms with Gasteiger partial charge >= 0.3 is 12.1 Å². The van der Waals surface area contributed by atoms with E-state index in [-0.39, 0.29) is 19.0 Å². The number of hydrogen-bond acceptors (Lipinski definition) is 3. The highest BCUT2D eigenvalue weighted by molar-refractivity contribution is 6.31. The van der Waals surface area contributed by atoms with Crippen LogP contribution >= 0.6 is 11.6 Å². The molecule has 2 rings (SSSR count). The Hall–Kier alpha value is -1.75. The van der Waals surface area contributed by atoms with Crippen molar-refractivity contribution in [1.82, 2.24) is 4.90 Å². The molecular formula is C17H22ClNO4. The van der Waals surface area contributed by atoms with Crippen LogP contribution in [0.3, 0.4) is 0 Å². The minimum atomic E-state index is -0.933. The molecule has 2 unspecified atom stereocenters. The largest absolute Gasteiger partial charge is 0.481 e.